The van der Waals surface area contributed by atoms with Crippen LogP contribution in [0.3, 0.4) is 0 Å². The monoisotopic (exact) mass is 428 g/mol. The number of rotatable bonds is 5. The second kappa shape index (κ2) is 8.73. The van der Waals surface area contributed by atoms with Gasteiger partial charge in [-0.15, -0.1) is 0 Å². The minimum atomic E-state index is -0.00258. The summed E-state index contributed by atoms with van der Waals surface area (Å²) in [6.07, 6.45) is 0. The fraction of sp³-hybridized carbons (Fsp3) is 0.286. The minimum absolute atomic E-state index is 0.00258. The highest BCUT2D eigenvalue weighted by molar-refractivity contribution is 6.28. The van der Waals surface area contributed by atoms with Gasteiger partial charge in [0.05, 0.1) is 33.0 Å². The molecule has 0 aliphatic carbocycles. The first kappa shape index (κ1) is 20.2. The number of benzene rings is 2. The zero-order valence-electron chi connectivity index (χ0n) is 16.6. The van der Waals surface area contributed by atoms with E-state index in [0.717, 1.165) is 11.1 Å². The average Bonchev–Trinajstić information content (AvgIpc) is 2.78. The van der Waals surface area contributed by atoms with E-state index in [0.29, 0.717) is 54.7 Å². The average molecular weight is 429 g/mol. The number of halogens is 1. The summed E-state index contributed by atoms with van der Waals surface area (Å²) in [5, 5.41) is 4.08. The van der Waals surface area contributed by atoms with Crippen molar-refractivity contribution in [1.82, 2.24) is 14.9 Å². The Morgan fingerprint density at radius 2 is 1.73 bits per heavy atom. The fourth-order valence-electron chi connectivity index (χ4n) is 3.30. The molecular formula is C21H21ClN4O4. The smallest absolute Gasteiger partial charge is 0.254 e. The first-order valence-electron chi connectivity index (χ1n) is 9.42. The molecule has 0 spiro atoms. The Kier molecular flexibility index (Phi) is 5.87. The summed E-state index contributed by atoms with van der Waals surface area (Å²) in [5.41, 5.74) is 2.01. The number of nitrogens with zero attached hydrogens (tertiary/aromatic N) is 3. The number of morpholine rings is 1. The maximum atomic E-state index is 12.6. The molecule has 1 fully saturated rings. The number of nitrogens with one attached hydrogen (secondary N) is 1. The van der Waals surface area contributed by atoms with E-state index < -0.39 is 0 Å². The van der Waals surface area contributed by atoms with Gasteiger partial charge in [-0.1, -0.05) is 0 Å². The summed E-state index contributed by atoms with van der Waals surface area (Å²) in [6.45, 7) is 2.35. The van der Waals surface area contributed by atoms with Crippen LogP contribution in [-0.2, 0) is 4.74 Å². The van der Waals surface area contributed by atoms with Gasteiger partial charge in [0.1, 0.15) is 5.82 Å². The molecule has 1 amide bonds. The van der Waals surface area contributed by atoms with Crippen LogP contribution in [0, 0.1) is 0 Å². The van der Waals surface area contributed by atoms with Crippen LogP contribution < -0.4 is 14.8 Å². The van der Waals surface area contributed by atoms with Crippen LogP contribution in [0.15, 0.2) is 36.4 Å². The van der Waals surface area contributed by atoms with Gasteiger partial charge in [0.15, 0.2) is 11.5 Å². The molecule has 2 heterocycles. The van der Waals surface area contributed by atoms with Crippen molar-refractivity contribution in [3.8, 4) is 11.5 Å². The highest BCUT2D eigenvalue weighted by Gasteiger charge is 2.18. The molecule has 156 valence electrons. The highest BCUT2D eigenvalue weighted by Crippen LogP contribution is 2.35. The minimum Gasteiger partial charge on any atom is -0.493 e. The van der Waals surface area contributed by atoms with E-state index in [1.807, 2.05) is 12.1 Å². The van der Waals surface area contributed by atoms with E-state index in [2.05, 4.69) is 15.3 Å². The Bertz CT molecular complexity index is 1070. The largest absolute Gasteiger partial charge is 0.493 e. The first-order chi connectivity index (χ1) is 14.6. The fourth-order valence-corrected chi connectivity index (χ4v) is 3.48. The molecule has 4 rings (SSSR count). The number of aromatic nitrogens is 2. The normalized spacial score (nSPS) is 13.9. The van der Waals surface area contributed by atoms with Crippen LogP contribution in [0.2, 0.25) is 5.28 Å². The number of carbonyl (C=O) groups is 1. The third kappa shape index (κ3) is 4.10. The summed E-state index contributed by atoms with van der Waals surface area (Å²) in [5.74, 6) is 1.64. The Hall–Kier alpha value is -3.10. The number of hydrogen-bond donors (Lipinski definition) is 1. The van der Waals surface area contributed by atoms with Gasteiger partial charge >= 0.3 is 0 Å². The summed E-state index contributed by atoms with van der Waals surface area (Å²) < 4.78 is 16.0. The van der Waals surface area contributed by atoms with Gasteiger partial charge < -0.3 is 24.4 Å². The Balaban J connectivity index is 1.61. The van der Waals surface area contributed by atoms with Gasteiger partial charge in [-0.3, -0.25) is 4.79 Å². The molecule has 1 N–H and O–H groups in total. The van der Waals surface area contributed by atoms with Crippen molar-refractivity contribution in [2.75, 3.05) is 45.8 Å². The molecular weight excluding hydrogens is 408 g/mol. The van der Waals surface area contributed by atoms with Crippen molar-refractivity contribution in [1.29, 1.82) is 0 Å². The molecule has 1 aliphatic heterocycles. The molecule has 1 aromatic heterocycles. The lowest BCUT2D eigenvalue weighted by Gasteiger charge is -2.26. The van der Waals surface area contributed by atoms with Gasteiger partial charge in [-0.25, -0.2) is 4.98 Å². The van der Waals surface area contributed by atoms with Crippen LogP contribution in [0.5, 0.6) is 11.5 Å². The van der Waals surface area contributed by atoms with Crippen molar-refractivity contribution in [3.63, 3.8) is 0 Å². The highest BCUT2D eigenvalue weighted by atomic mass is 35.5. The zero-order valence-corrected chi connectivity index (χ0v) is 17.4. The van der Waals surface area contributed by atoms with Crippen molar-refractivity contribution >= 4 is 39.9 Å². The van der Waals surface area contributed by atoms with Crippen LogP contribution in [-0.4, -0.2) is 61.3 Å². The Morgan fingerprint density at radius 1 is 1.07 bits per heavy atom. The van der Waals surface area contributed by atoms with E-state index in [-0.39, 0.29) is 11.2 Å². The van der Waals surface area contributed by atoms with E-state index in [1.54, 1.807) is 43.4 Å². The lowest BCUT2D eigenvalue weighted by molar-refractivity contribution is 0.0303. The molecule has 2 aromatic carbocycles. The molecule has 1 aliphatic rings. The molecule has 0 saturated carbocycles. The van der Waals surface area contributed by atoms with Crippen molar-refractivity contribution in [2.24, 2.45) is 0 Å². The van der Waals surface area contributed by atoms with E-state index >= 15 is 0 Å². The number of carbonyl (C=O) groups excluding carboxylic acids is 1. The number of hydrogen-bond acceptors (Lipinski definition) is 7. The van der Waals surface area contributed by atoms with Crippen LogP contribution in [0.4, 0.5) is 11.5 Å². The quantitative estimate of drug-likeness (QED) is 0.622. The topological polar surface area (TPSA) is 85.8 Å². The third-order valence-electron chi connectivity index (χ3n) is 4.87. The number of amides is 1. The molecule has 8 nitrogen and oxygen atoms in total. The van der Waals surface area contributed by atoms with Crippen LogP contribution in [0.25, 0.3) is 10.9 Å². The van der Waals surface area contributed by atoms with Gasteiger partial charge in [0.25, 0.3) is 5.91 Å². The van der Waals surface area contributed by atoms with Gasteiger partial charge in [-0.2, -0.15) is 4.98 Å². The second-order valence-corrected chi connectivity index (χ2v) is 7.01. The molecule has 9 heteroatoms. The lowest BCUT2D eigenvalue weighted by Crippen LogP contribution is -2.40. The first-order valence-corrected chi connectivity index (χ1v) is 9.80. The van der Waals surface area contributed by atoms with Crippen LogP contribution in [0.1, 0.15) is 10.4 Å². The summed E-state index contributed by atoms with van der Waals surface area (Å²) in [7, 11) is 3.13. The summed E-state index contributed by atoms with van der Waals surface area (Å²) >= 11 is 6.12. The molecule has 1 saturated heterocycles. The second-order valence-electron chi connectivity index (χ2n) is 6.67. The summed E-state index contributed by atoms with van der Waals surface area (Å²) in [6, 6.07) is 10.8. The maximum Gasteiger partial charge on any atom is 0.254 e. The molecule has 30 heavy (non-hydrogen) atoms. The zero-order chi connectivity index (χ0) is 21.1. The SMILES string of the molecule is COc1cc2nc(Cl)nc(Nc3ccc(C(=O)N4CCOCC4)cc3)c2cc1OC. The lowest BCUT2D eigenvalue weighted by atomic mass is 10.1. The summed E-state index contributed by atoms with van der Waals surface area (Å²) in [4.78, 5) is 23.0. The van der Waals surface area contributed by atoms with Crippen molar-refractivity contribution in [3.05, 3.63) is 47.2 Å². The number of methoxy groups -OCH3 is 2. The maximum absolute atomic E-state index is 12.6. The van der Waals surface area contributed by atoms with Gasteiger partial charge in [0, 0.05) is 35.8 Å². The standard InChI is InChI=1S/C21H21ClN4O4/c1-28-17-11-15-16(12-18(17)29-2)24-21(22)25-19(15)23-14-5-3-13(4-6-14)20(27)26-7-9-30-10-8-26/h3-6,11-12H,7-10H2,1-2H3,(H,23,24,25). The van der Waals surface area contributed by atoms with Crippen molar-refractivity contribution < 1.29 is 19.0 Å². The molecule has 0 atom stereocenters. The Labute approximate surface area is 178 Å². The number of anilines is 2. The Morgan fingerprint density at radius 3 is 2.40 bits per heavy atom. The molecule has 0 unspecified atom stereocenters. The van der Waals surface area contributed by atoms with E-state index in [1.165, 1.54) is 0 Å². The predicted octanol–water partition coefficient (Wildman–Crippen LogP) is 3.52. The molecule has 0 bridgehead atoms. The van der Waals surface area contributed by atoms with Crippen molar-refractivity contribution in [2.45, 2.75) is 0 Å². The van der Waals surface area contributed by atoms with Gasteiger partial charge in [0.2, 0.25) is 5.28 Å². The third-order valence-corrected chi connectivity index (χ3v) is 5.04. The van der Waals surface area contributed by atoms with Gasteiger partial charge in [-0.05, 0) is 41.9 Å². The number of ether oxygens (including phenoxy) is 3. The van der Waals surface area contributed by atoms with E-state index in [4.69, 9.17) is 25.8 Å². The van der Waals surface area contributed by atoms with E-state index in [9.17, 15) is 4.79 Å². The van der Waals surface area contributed by atoms with Crippen LogP contribution >= 0.6 is 11.6 Å². The molecule has 0 radical (unpaired) electrons. The molecule has 3 aromatic rings. The predicted molar refractivity (Wildman–Crippen MR) is 114 cm³/mol. The number of fused-ring (bicyclic) bond motifs is 1.